The van der Waals surface area contributed by atoms with E-state index in [4.69, 9.17) is 13.9 Å². The molecule has 0 atom stereocenters. The number of likely N-dealkylation sites (N-methyl/N-ethyl adjacent to an activating group) is 2. The number of anilines is 1. The van der Waals surface area contributed by atoms with Crippen molar-refractivity contribution in [3.63, 3.8) is 0 Å². The standard InChI is InChI=1S/C41H52N4O8S/c1-3-44(23-25-51-40(46)42-29-13-7-5-8-14-29)31-19-21-33-36(27-31)53-37-28-32(45(4-2)24-26-52-41(47)43-30-15-9-6-10-16-30)20-22-34(37)39(33)35-17-11-12-18-38(35)54(48,49)50/h11-12,17-22,27-30H,3-10,13-16,23-26H2,1-2H3,(H2-,42,43,46,47,48,49,50)/p+1. The van der Waals surface area contributed by atoms with Crippen LogP contribution < -0.4 is 25.5 Å². The molecule has 2 aromatic rings. The molecule has 0 saturated heterocycles. The van der Waals surface area contributed by atoms with Gasteiger partial charge in [-0.3, -0.25) is 4.55 Å². The number of amides is 2. The quantitative estimate of drug-likeness (QED) is 0.0731. The molecule has 1 aliphatic heterocycles. The molecule has 1 heterocycles. The zero-order valence-corrected chi connectivity index (χ0v) is 32.2. The Hall–Kier alpha value is -4.62. The first-order chi connectivity index (χ1) is 26.1. The number of hydrogen-bond donors (Lipinski definition) is 3. The molecule has 290 valence electrons. The van der Waals surface area contributed by atoms with Crippen LogP contribution in [0.4, 0.5) is 15.3 Å². The summed E-state index contributed by atoms with van der Waals surface area (Å²) in [5, 5.41) is 7.49. The number of alkyl carbamates (subject to hydrolysis) is 2. The van der Waals surface area contributed by atoms with Crippen LogP contribution in [0.5, 0.6) is 0 Å². The summed E-state index contributed by atoms with van der Waals surface area (Å²) >= 11 is 0. The number of rotatable bonds is 13. The van der Waals surface area contributed by atoms with Gasteiger partial charge in [0.15, 0.2) is 13.2 Å². The Bertz CT molecular complexity index is 2070. The van der Waals surface area contributed by atoms with Gasteiger partial charge in [0.2, 0.25) is 5.36 Å². The number of carbonyl (C=O) groups is 2. The van der Waals surface area contributed by atoms with Gasteiger partial charge in [0.25, 0.3) is 10.1 Å². The molecule has 2 saturated carbocycles. The Morgan fingerprint density at radius 3 is 2.11 bits per heavy atom. The minimum atomic E-state index is -4.56. The number of nitrogens with zero attached hydrogens (tertiary/aromatic N) is 2. The Balaban J connectivity index is 1.31. The van der Waals surface area contributed by atoms with Crippen molar-refractivity contribution in [1.82, 2.24) is 15.2 Å². The van der Waals surface area contributed by atoms with Crippen LogP contribution in [0, 0.1) is 0 Å². The minimum Gasteiger partial charge on any atom is -0.456 e. The Labute approximate surface area is 317 Å². The summed E-state index contributed by atoms with van der Waals surface area (Å²) in [6.07, 6.45) is 10.0. The number of fused-ring (bicyclic) bond motifs is 2. The second kappa shape index (κ2) is 18.1. The smallest absolute Gasteiger partial charge is 0.407 e. The number of benzene rings is 3. The highest BCUT2D eigenvalue weighted by atomic mass is 32.2. The largest absolute Gasteiger partial charge is 0.456 e. The second-order valence-corrected chi connectivity index (χ2v) is 15.6. The summed E-state index contributed by atoms with van der Waals surface area (Å²) in [5.41, 5.74) is 2.97. The molecule has 2 amide bonds. The fourth-order valence-electron chi connectivity index (χ4n) is 7.80. The molecule has 54 heavy (non-hydrogen) atoms. The lowest BCUT2D eigenvalue weighted by Gasteiger charge is -2.25. The van der Waals surface area contributed by atoms with E-state index in [-0.39, 0.29) is 30.2 Å². The van der Waals surface area contributed by atoms with Gasteiger partial charge >= 0.3 is 12.2 Å². The first kappa shape index (κ1) is 39.1. The summed E-state index contributed by atoms with van der Waals surface area (Å²) in [4.78, 5) is 26.9. The maximum atomic E-state index is 12.6. The van der Waals surface area contributed by atoms with Crippen LogP contribution >= 0.6 is 0 Å². The van der Waals surface area contributed by atoms with Crippen molar-refractivity contribution in [3.05, 3.63) is 66.0 Å². The molecule has 2 fully saturated rings. The van der Waals surface area contributed by atoms with E-state index in [0.29, 0.717) is 59.6 Å². The zero-order valence-electron chi connectivity index (χ0n) is 31.3. The van der Waals surface area contributed by atoms with Gasteiger partial charge in [0, 0.05) is 58.5 Å². The molecule has 0 radical (unpaired) electrons. The van der Waals surface area contributed by atoms with Crippen LogP contribution in [-0.4, -0.2) is 76.6 Å². The third-order valence-corrected chi connectivity index (χ3v) is 11.6. The van der Waals surface area contributed by atoms with Crippen molar-refractivity contribution in [1.29, 1.82) is 0 Å². The number of carbonyl (C=O) groups excluding carboxylic acids is 2. The van der Waals surface area contributed by atoms with Crippen molar-refractivity contribution in [2.24, 2.45) is 0 Å². The van der Waals surface area contributed by atoms with Crippen molar-refractivity contribution < 1.29 is 36.5 Å². The summed E-state index contributed by atoms with van der Waals surface area (Å²) in [7, 11) is -4.56. The molecule has 0 spiro atoms. The van der Waals surface area contributed by atoms with Crippen molar-refractivity contribution in [2.45, 2.75) is 95.0 Å². The lowest BCUT2D eigenvalue weighted by atomic mass is 9.93. The van der Waals surface area contributed by atoms with Crippen molar-refractivity contribution in [3.8, 4) is 22.5 Å². The third kappa shape index (κ3) is 9.72. The van der Waals surface area contributed by atoms with E-state index in [2.05, 4.69) is 20.1 Å². The SMILES string of the molecule is CCN(CCOC(=O)NC1CCCCC1)c1ccc2c(-c3ccccc3S(=O)(=O)O)c3cc/c(=[N+](/CC)CCOC(=O)NC4CCCCC4)cc-3oc2c1. The Morgan fingerprint density at radius 2 is 1.48 bits per heavy atom. The van der Waals surface area contributed by atoms with Gasteiger partial charge in [-0.25, -0.2) is 14.2 Å². The Kier molecular flexibility index (Phi) is 13.1. The first-order valence-electron chi connectivity index (χ1n) is 19.4. The fourth-order valence-corrected chi connectivity index (χ4v) is 8.49. The van der Waals surface area contributed by atoms with Crippen LogP contribution in [-0.2, 0) is 19.6 Å². The third-order valence-electron chi connectivity index (χ3n) is 10.7. The van der Waals surface area contributed by atoms with Crippen LogP contribution in [0.3, 0.4) is 0 Å². The van der Waals surface area contributed by atoms with Gasteiger partial charge in [-0.1, -0.05) is 56.7 Å². The van der Waals surface area contributed by atoms with Gasteiger partial charge in [0.05, 0.1) is 12.6 Å². The lowest BCUT2D eigenvalue weighted by Crippen LogP contribution is -2.38. The molecule has 4 aliphatic rings. The van der Waals surface area contributed by atoms with Gasteiger partial charge in [-0.05, 0) is 63.8 Å². The van der Waals surface area contributed by atoms with Crippen molar-refractivity contribution in [2.75, 3.05) is 44.3 Å². The molecule has 0 bridgehead atoms. The monoisotopic (exact) mass is 761 g/mol. The summed E-state index contributed by atoms with van der Waals surface area (Å²) in [6.45, 7) is 6.65. The molecular formula is C41H53N4O8S+. The van der Waals surface area contributed by atoms with Crippen LogP contribution in [0.2, 0.25) is 0 Å². The second-order valence-electron chi connectivity index (χ2n) is 14.2. The first-order valence-corrected chi connectivity index (χ1v) is 20.9. The van der Waals surface area contributed by atoms with E-state index in [0.717, 1.165) is 62.4 Å². The highest BCUT2D eigenvalue weighted by molar-refractivity contribution is 7.86. The van der Waals surface area contributed by atoms with Gasteiger partial charge in [0.1, 0.15) is 29.4 Å². The van der Waals surface area contributed by atoms with Crippen molar-refractivity contribution >= 4 is 39.0 Å². The minimum absolute atomic E-state index is 0.168. The molecule has 2 aromatic carbocycles. The molecule has 3 N–H and O–H groups in total. The predicted octanol–water partition coefficient (Wildman–Crippen LogP) is 7.19. The van der Waals surface area contributed by atoms with E-state index in [1.54, 1.807) is 18.2 Å². The molecule has 6 rings (SSSR count). The number of ether oxygens (including phenoxy) is 2. The van der Waals surface area contributed by atoms with Crippen LogP contribution in [0.1, 0.15) is 78.1 Å². The molecule has 0 aromatic heterocycles. The lowest BCUT2D eigenvalue weighted by molar-refractivity contribution is 0.138. The zero-order chi connectivity index (χ0) is 38.1. The topological polar surface area (TPSA) is 150 Å². The van der Waals surface area contributed by atoms with E-state index in [9.17, 15) is 22.6 Å². The summed E-state index contributed by atoms with van der Waals surface area (Å²) in [6, 6.07) is 18.2. The number of hydrogen-bond acceptors (Lipinski definition) is 8. The normalized spacial score (nSPS) is 16.2. The highest BCUT2D eigenvalue weighted by Gasteiger charge is 2.25. The number of nitrogens with one attached hydrogen (secondary N) is 2. The maximum Gasteiger partial charge on any atom is 0.407 e. The maximum absolute atomic E-state index is 12.6. The molecular weight excluding hydrogens is 709 g/mol. The predicted molar refractivity (Wildman–Crippen MR) is 209 cm³/mol. The summed E-state index contributed by atoms with van der Waals surface area (Å²) in [5.74, 6) is 0.512. The van der Waals surface area contributed by atoms with E-state index >= 15 is 0 Å². The Morgan fingerprint density at radius 1 is 0.833 bits per heavy atom. The van der Waals surface area contributed by atoms with Gasteiger partial charge < -0.3 is 29.4 Å². The van der Waals surface area contributed by atoms with Gasteiger partial charge in [-0.2, -0.15) is 8.42 Å². The van der Waals surface area contributed by atoms with Gasteiger partial charge in [-0.15, -0.1) is 0 Å². The summed E-state index contributed by atoms with van der Waals surface area (Å²) < 4.78 is 55.3. The molecule has 13 heteroatoms. The highest BCUT2D eigenvalue weighted by Crippen LogP contribution is 2.43. The molecule has 3 aliphatic carbocycles. The molecule has 0 unspecified atom stereocenters. The van der Waals surface area contributed by atoms with E-state index in [1.807, 2.05) is 50.2 Å². The van der Waals surface area contributed by atoms with Crippen LogP contribution in [0.15, 0.2) is 70.0 Å². The van der Waals surface area contributed by atoms with E-state index < -0.39 is 22.3 Å². The molecule has 12 nitrogen and oxygen atoms in total. The van der Waals surface area contributed by atoms with E-state index in [1.165, 1.54) is 18.9 Å². The van der Waals surface area contributed by atoms with Crippen LogP contribution in [0.25, 0.3) is 33.4 Å². The fraction of sp³-hybridized carbons (Fsp3) is 0.488. The average Bonchev–Trinajstić information content (AvgIpc) is 3.17. The average molecular weight is 762 g/mol.